The summed E-state index contributed by atoms with van der Waals surface area (Å²) >= 11 is 3.43. The van der Waals surface area contributed by atoms with Gasteiger partial charge < -0.3 is 10.1 Å². The minimum atomic E-state index is 0.256. The van der Waals surface area contributed by atoms with Crippen molar-refractivity contribution in [3.63, 3.8) is 0 Å². The van der Waals surface area contributed by atoms with E-state index >= 15 is 0 Å². The molecule has 1 unspecified atom stereocenters. The smallest absolute Gasteiger partial charge is 0.132 e. The van der Waals surface area contributed by atoms with Crippen LogP contribution in [0.25, 0.3) is 0 Å². The first-order chi connectivity index (χ1) is 8.56. The summed E-state index contributed by atoms with van der Waals surface area (Å²) in [6.45, 7) is 7.13. The number of hydrogen-bond donors (Lipinski definition) is 1. The Morgan fingerprint density at radius 3 is 2.67 bits per heavy atom. The standard InChI is InChI=1S/C13H22BrN3O/c1-5-6-12-16-11(14)7-13(17-12)15-10(8-18-4)9(2)3/h7,9-10H,5-6,8H2,1-4H3,(H,15,16,17). The van der Waals surface area contributed by atoms with Gasteiger partial charge in [-0.25, -0.2) is 9.97 Å². The molecule has 1 aromatic heterocycles. The van der Waals surface area contributed by atoms with Gasteiger partial charge in [0.15, 0.2) is 0 Å². The van der Waals surface area contributed by atoms with E-state index in [1.165, 1.54) is 0 Å². The van der Waals surface area contributed by atoms with Crippen molar-refractivity contribution in [2.75, 3.05) is 19.0 Å². The fourth-order valence-corrected chi connectivity index (χ4v) is 2.07. The van der Waals surface area contributed by atoms with E-state index in [2.05, 4.69) is 52.0 Å². The van der Waals surface area contributed by atoms with Crippen molar-refractivity contribution in [1.29, 1.82) is 0 Å². The fraction of sp³-hybridized carbons (Fsp3) is 0.692. The molecular formula is C13H22BrN3O. The van der Waals surface area contributed by atoms with Crippen molar-refractivity contribution in [3.05, 3.63) is 16.5 Å². The van der Waals surface area contributed by atoms with Crippen molar-refractivity contribution in [2.45, 2.75) is 39.7 Å². The molecule has 1 rings (SSSR count). The van der Waals surface area contributed by atoms with E-state index in [9.17, 15) is 0 Å². The zero-order valence-corrected chi connectivity index (χ0v) is 13.1. The number of aromatic nitrogens is 2. The van der Waals surface area contributed by atoms with Crippen LogP contribution in [-0.2, 0) is 11.2 Å². The predicted octanol–water partition coefficient (Wildman–Crippen LogP) is 3.27. The topological polar surface area (TPSA) is 47.0 Å². The molecule has 1 aromatic rings. The first kappa shape index (κ1) is 15.4. The average Bonchev–Trinajstić information content (AvgIpc) is 2.28. The van der Waals surface area contributed by atoms with Gasteiger partial charge in [0.1, 0.15) is 16.2 Å². The Hall–Kier alpha value is -0.680. The monoisotopic (exact) mass is 315 g/mol. The summed E-state index contributed by atoms with van der Waals surface area (Å²) in [6.07, 6.45) is 1.94. The number of nitrogens with zero attached hydrogens (tertiary/aromatic N) is 2. The summed E-state index contributed by atoms with van der Waals surface area (Å²) < 4.78 is 6.05. The van der Waals surface area contributed by atoms with Crippen LogP contribution >= 0.6 is 15.9 Å². The lowest BCUT2D eigenvalue weighted by molar-refractivity contribution is 0.171. The Morgan fingerprint density at radius 2 is 2.11 bits per heavy atom. The van der Waals surface area contributed by atoms with Crippen LogP contribution in [0.4, 0.5) is 5.82 Å². The maximum Gasteiger partial charge on any atom is 0.132 e. The van der Waals surface area contributed by atoms with Crippen molar-refractivity contribution < 1.29 is 4.74 Å². The molecular weight excluding hydrogens is 294 g/mol. The number of rotatable bonds is 7. The summed E-state index contributed by atoms with van der Waals surface area (Å²) in [4.78, 5) is 8.88. The normalized spacial score (nSPS) is 12.8. The minimum Gasteiger partial charge on any atom is -0.383 e. The summed E-state index contributed by atoms with van der Waals surface area (Å²) in [5, 5.41) is 3.41. The first-order valence-corrected chi connectivity index (χ1v) is 7.15. The first-order valence-electron chi connectivity index (χ1n) is 6.35. The molecule has 0 aromatic carbocycles. The molecule has 18 heavy (non-hydrogen) atoms. The molecule has 0 amide bonds. The average molecular weight is 316 g/mol. The Balaban J connectivity index is 2.81. The number of methoxy groups -OCH3 is 1. The van der Waals surface area contributed by atoms with Gasteiger partial charge in [-0.3, -0.25) is 0 Å². The molecule has 1 heterocycles. The number of nitrogens with one attached hydrogen (secondary N) is 1. The highest BCUT2D eigenvalue weighted by Gasteiger charge is 2.14. The molecule has 4 nitrogen and oxygen atoms in total. The van der Waals surface area contributed by atoms with Crippen LogP contribution in [0, 0.1) is 5.92 Å². The van der Waals surface area contributed by atoms with Crippen LogP contribution in [0.5, 0.6) is 0 Å². The van der Waals surface area contributed by atoms with Gasteiger partial charge in [-0.15, -0.1) is 0 Å². The Bertz CT molecular complexity index is 371. The van der Waals surface area contributed by atoms with Crippen LogP contribution in [0.15, 0.2) is 10.7 Å². The molecule has 0 saturated heterocycles. The van der Waals surface area contributed by atoms with Gasteiger partial charge in [-0.2, -0.15) is 0 Å². The fourth-order valence-electron chi connectivity index (χ4n) is 1.64. The molecule has 0 aliphatic rings. The van der Waals surface area contributed by atoms with Gasteiger partial charge in [0.2, 0.25) is 0 Å². The molecule has 0 radical (unpaired) electrons. The van der Waals surface area contributed by atoms with E-state index in [1.807, 2.05) is 6.07 Å². The highest BCUT2D eigenvalue weighted by atomic mass is 79.9. The molecule has 0 fully saturated rings. The number of aryl methyl sites for hydroxylation is 1. The molecule has 5 heteroatoms. The molecule has 1 atom stereocenters. The summed E-state index contributed by atoms with van der Waals surface area (Å²) in [7, 11) is 1.72. The van der Waals surface area contributed by atoms with Crippen molar-refractivity contribution in [1.82, 2.24) is 9.97 Å². The highest BCUT2D eigenvalue weighted by Crippen LogP contribution is 2.16. The summed E-state index contributed by atoms with van der Waals surface area (Å²) in [5.41, 5.74) is 0. The van der Waals surface area contributed by atoms with Crippen LogP contribution < -0.4 is 5.32 Å². The van der Waals surface area contributed by atoms with Gasteiger partial charge in [0, 0.05) is 19.6 Å². The van der Waals surface area contributed by atoms with E-state index in [4.69, 9.17) is 4.74 Å². The lowest BCUT2D eigenvalue weighted by Gasteiger charge is -2.22. The quantitative estimate of drug-likeness (QED) is 0.784. The van der Waals surface area contributed by atoms with E-state index in [-0.39, 0.29) is 6.04 Å². The van der Waals surface area contributed by atoms with Gasteiger partial charge in [-0.05, 0) is 28.3 Å². The van der Waals surface area contributed by atoms with E-state index < -0.39 is 0 Å². The zero-order valence-electron chi connectivity index (χ0n) is 11.5. The van der Waals surface area contributed by atoms with E-state index in [1.54, 1.807) is 7.11 Å². The molecule has 1 N–H and O–H groups in total. The summed E-state index contributed by atoms with van der Waals surface area (Å²) in [6, 6.07) is 2.16. The van der Waals surface area contributed by atoms with Crippen molar-refractivity contribution >= 4 is 21.7 Å². The Morgan fingerprint density at radius 1 is 1.39 bits per heavy atom. The Labute approximate surface area is 118 Å². The molecule has 0 aliphatic heterocycles. The lowest BCUT2D eigenvalue weighted by atomic mass is 10.1. The van der Waals surface area contributed by atoms with E-state index in [0.29, 0.717) is 12.5 Å². The molecule has 102 valence electrons. The third-order valence-corrected chi connectivity index (χ3v) is 3.11. The SMILES string of the molecule is CCCc1nc(Br)cc(NC(COC)C(C)C)n1. The third kappa shape index (κ3) is 4.90. The number of ether oxygens (including phenoxy) is 1. The highest BCUT2D eigenvalue weighted by molar-refractivity contribution is 9.10. The van der Waals surface area contributed by atoms with Gasteiger partial charge in [0.25, 0.3) is 0 Å². The molecule has 0 aliphatic carbocycles. The number of hydrogen-bond acceptors (Lipinski definition) is 4. The van der Waals surface area contributed by atoms with Crippen LogP contribution in [0.3, 0.4) is 0 Å². The largest absolute Gasteiger partial charge is 0.383 e. The van der Waals surface area contributed by atoms with Gasteiger partial charge in [0.05, 0.1) is 12.6 Å². The van der Waals surface area contributed by atoms with Crippen molar-refractivity contribution in [3.8, 4) is 0 Å². The van der Waals surface area contributed by atoms with Crippen molar-refractivity contribution in [2.24, 2.45) is 5.92 Å². The molecule has 0 spiro atoms. The lowest BCUT2D eigenvalue weighted by Crippen LogP contribution is -2.31. The number of anilines is 1. The minimum absolute atomic E-state index is 0.256. The van der Waals surface area contributed by atoms with Crippen LogP contribution in [0.2, 0.25) is 0 Å². The van der Waals surface area contributed by atoms with Gasteiger partial charge in [-0.1, -0.05) is 20.8 Å². The molecule has 0 bridgehead atoms. The van der Waals surface area contributed by atoms with E-state index in [0.717, 1.165) is 29.1 Å². The second-order valence-electron chi connectivity index (χ2n) is 4.69. The second kappa shape index (κ2) is 7.69. The van der Waals surface area contributed by atoms with Gasteiger partial charge >= 0.3 is 0 Å². The second-order valence-corrected chi connectivity index (χ2v) is 5.50. The Kier molecular flexibility index (Phi) is 6.57. The number of halogens is 1. The molecule has 0 saturated carbocycles. The zero-order chi connectivity index (χ0) is 13.5. The van der Waals surface area contributed by atoms with Crippen LogP contribution in [0.1, 0.15) is 33.0 Å². The third-order valence-electron chi connectivity index (χ3n) is 2.70. The predicted molar refractivity (Wildman–Crippen MR) is 77.9 cm³/mol. The van der Waals surface area contributed by atoms with Crippen LogP contribution in [-0.4, -0.2) is 29.7 Å². The maximum atomic E-state index is 5.23. The summed E-state index contributed by atoms with van der Waals surface area (Å²) in [5.74, 6) is 2.21. The maximum absolute atomic E-state index is 5.23.